The van der Waals surface area contributed by atoms with Crippen molar-refractivity contribution in [1.29, 1.82) is 10.8 Å². The number of hydrogen-bond acceptors (Lipinski definition) is 3. The first-order chi connectivity index (χ1) is 10.0. The van der Waals surface area contributed by atoms with Crippen molar-refractivity contribution in [2.75, 3.05) is 6.54 Å². The lowest BCUT2D eigenvalue weighted by Crippen LogP contribution is -2.48. The monoisotopic (exact) mass is 287 g/mol. The van der Waals surface area contributed by atoms with Crippen LogP contribution in [0.2, 0.25) is 0 Å². The van der Waals surface area contributed by atoms with Crippen LogP contribution in [0.4, 0.5) is 4.79 Å². The average molecular weight is 287 g/mol. The third-order valence-electron chi connectivity index (χ3n) is 3.79. The number of aryl methyl sites for hydroxylation is 1. The number of likely N-dealkylation sites (tertiary alicyclic amines) is 1. The summed E-state index contributed by atoms with van der Waals surface area (Å²) in [5, 5.41) is 15.8. The van der Waals surface area contributed by atoms with E-state index in [-0.39, 0.29) is 11.9 Å². The van der Waals surface area contributed by atoms with Gasteiger partial charge < -0.3 is 15.5 Å². The summed E-state index contributed by atoms with van der Waals surface area (Å²) in [5.74, 6) is 0.252. The van der Waals surface area contributed by atoms with Crippen LogP contribution in [0.5, 0.6) is 0 Å². The number of urea groups is 1. The van der Waals surface area contributed by atoms with E-state index in [0.717, 1.165) is 24.7 Å². The molecule has 1 aromatic carbocycles. The van der Waals surface area contributed by atoms with Crippen molar-refractivity contribution in [2.24, 2.45) is 5.73 Å². The molecule has 0 spiro atoms. The van der Waals surface area contributed by atoms with Crippen LogP contribution in [0, 0.1) is 17.7 Å². The smallest absolute Gasteiger partial charge is 0.315 e. The molecule has 0 aliphatic carbocycles. The summed E-state index contributed by atoms with van der Waals surface area (Å²) in [7, 11) is 0. The van der Waals surface area contributed by atoms with Crippen molar-refractivity contribution in [1.82, 2.24) is 9.80 Å². The molecule has 4 N–H and O–H groups in total. The lowest BCUT2D eigenvalue weighted by atomic mass is 10.1. The van der Waals surface area contributed by atoms with Crippen LogP contribution in [0.25, 0.3) is 0 Å². The van der Waals surface area contributed by atoms with Gasteiger partial charge in [-0.2, -0.15) is 0 Å². The summed E-state index contributed by atoms with van der Waals surface area (Å²) >= 11 is 0. The van der Waals surface area contributed by atoms with Crippen LogP contribution in [-0.4, -0.2) is 40.6 Å². The van der Waals surface area contributed by atoms with Crippen molar-refractivity contribution in [3.8, 4) is 0 Å². The fraction of sp³-hybridized carbons (Fsp3) is 0.400. The molecule has 0 aromatic heterocycles. The third-order valence-corrected chi connectivity index (χ3v) is 3.79. The summed E-state index contributed by atoms with van der Waals surface area (Å²) in [6.07, 6.45) is 2.70. The Labute approximate surface area is 124 Å². The van der Waals surface area contributed by atoms with E-state index in [2.05, 4.69) is 0 Å². The zero-order chi connectivity index (χ0) is 15.4. The van der Waals surface area contributed by atoms with Gasteiger partial charge in [-0.3, -0.25) is 10.8 Å². The SMILES string of the molecule is Cc1ccc(CN(C=N)C(=N)[C@H]2CCCN2C(N)=O)cc1. The molecule has 1 aromatic rings. The standard InChI is InChI=1S/C15H21N5O/c1-11-4-6-12(7-5-11)9-19(10-16)14(17)13-3-2-8-20(13)15(18)21/h4-7,10,13,16-17H,2-3,8-9H2,1H3,(H2,18,21)/t13-/m1/s1. The molecule has 0 bridgehead atoms. The van der Waals surface area contributed by atoms with Crippen LogP contribution in [0.3, 0.4) is 0 Å². The van der Waals surface area contributed by atoms with Gasteiger partial charge in [0.05, 0.1) is 18.9 Å². The van der Waals surface area contributed by atoms with Crippen molar-refractivity contribution in [2.45, 2.75) is 32.4 Å². The van der Waals surface area contributed by atoms with Crippen molar-refractivity contribution in [3.05, 3.63) is 35.4 Å². The predicted molar refractivity (Wildman–Crippen MR) is 82.5 cm³/mol. The van der Waals surface area contributed by atoms with Crippen LogP contribution >= 0.6 is 0 Å². The van der Waals surface area contributed by atoms with E-state index in [1.807, 2.05) is 31.2 Å². The minimum absolute atomic E-state index is 0.252. The maximum absolute atomic E-state index is 11.4. The second kappa shape index (κ2) is 6.39. The number of amidine groups is 1. The van der Waals surface area contributed by atoms with Crippen LogP contribution < -0.4 is 5.73 Å². The summed E-state index contributed by atoms with van der Waals surface area (Å²) in [4.78, 5) is 14.5. The van der Waals surface area contributed by atoms with Gasteiger partial charge in [-0.15, -0.1) is 0 Å². The first-order valence-electron chi connectivity index (χ1n) is 7.00. The first-order valence-corrected chi connectivity index (χ1v) is 7.00. The second-order valence-electron chi connectivity index (χ2n) is 5.32. The molecular weight excluding hydrogens is 266 g/mol. The van der Waals surface area contributed by atoms with E-state index in [0.29, 0.717) is 13.1 Å². The maximum atomic E-state index is 11.4. The van der Waals surface area contributed by atoms with E-state index in [1.165, 1.54) is 10.5 Å². The lowest BCUT2D eigenvalue weighted by molar-refractivity contribution is 0.211. The number of carbonyl (C=O) groups excluding carboxylic acids is 1. The van der Waals surface area contributed by atoms with Crippen molar-refractivity contribution < 1.29 is 4.79 Å². The molecule has 1 saturated heterocycles. The highest BCUT2D eigenvalue weighted by Crippen LogP contribution is 2.19. The van der Waals surface area contributed by atoms with Crippen LogP contribution in [0.1, 0.15) is 24.0 Å². The molecule has 1 atom stereocenters. The summed E-state index contributed by atoms with van der Waals surface area (Å²) in [6.45, 7) is 3.05. The average Bonchev–Trinajstić information content (AvgIpc) is 2.95. The molecule has 0 unspecified atom stereocenters. The fourth-order valence-electron chi connectivity index (χ4n) is 2.60. The fourth-order valence-corrected chi connectivity index (χ4v) is 2.60. The zero-order valence-electron chi connectivity index (χ0n) is 12.2. The van der Waals surface area contributed by atoms with Gasteiger partial charge in [0.1, 0.15) is 5.84 Å². The number of benzene rings is 1. The Morgan fingerprint density at radius 1 is 1.48 bits per heavy atom. The van der Waals surface area contributed by atoms with Crippen molar-refractivity contribution in [3.63, 3.8) is 0 Å². The molecule has 112 valence electrons. The molecule has 1 aliphatic heterocycles. The number of nitrogens with two attached hydrogens (primary N) is 1. The molecule has 6 nitrogen and oxygen atoms in total. The topological polar surface area (TPSA) is 97.3 Å². The second-order valence-corrected chi connectivity index (χ2v) is 5.32. The Balaban J connectivity index is 2.09. The summed E-state index contributed by atoms with van der Waals surface area (Å²) < 4.78 is 0. The molecule has 0 radical (unpaired) electrons. The van der Waals surface area contributed by atoms with Gasteiger partial charge in [0.25, 0.3) is 0 Å². The van der Waals surface area contributed by atoms with Gasteiger partial charge in [0.15, 0.2) is 0 Å². The zero-order valence-corrected chi connectivity index (χ0v) is 12.2. The van der Waals surface area contributed by atoms with Gasteiger partial charge in [0.2, 0.25) is 0 Å². The maximum Gasteiger partial charge on any atom is 0.315 e. The quantitative estimate of drug-likeness (QED) is 0.582. The molecule has 1 heterocycles. The number of rotatable bonds is 4. The van der Waals surface area contributed by atoms with E-state index in [4.69, 9.17) is 16.6 Å². The van der Waals surface area contributed by atoms with Gasteiger partial charge in [-0.25, -0.2) is 4.79 Å². The number of carbonyl (C=O) groups is 1. The molecule has 2 amide bonds. The molecular formula is C15H21N5O. The van der Waals surface area contributed by atoms with E-state index >= 15 is 0 Å². The number of amides is 2. The van der Waals surface area contributed by atoms with Gasteiger partial charge >= 0.3 is 6.03 Å². The third kappa shape index (κ3) is 3.39. The van der Waals surface area contributed by atoms with Gasteiger partial charge in [-0.05, 0) is 25.3 Å². The highest BCUT2D eigenvalue weighted by Gasteiger charge is 2.32. The van der Waals surface area contributed by atoms with E-state index < -0.39 is 6.03 Å². The van der Waals surface area contributed by atoms with Crippen molar-refractivity contribution >= 4 is 18.2 Å². The Morgan fingerprint density at radius 2 is 2.14 bits per heavy atom. The first kappa shape index (κ1) is 15.0. The molecule has 21 heavy (non-hydrogen) atoms. The molecule has 2 rings (SSSR count). The Hall–Kier alpha value is -2.37. The normalized spacial score (nSPS) is 17.6. The van der Waals surface area contributed by atoms with Crippen LogP contribution in [0.15, 0.2) is 24.3 Å². The van der Waals surface area contributed by atoms with Crippen LogP contribution in [-0.2, 0) is 6.54 Å². The van der Waals surface area contributed by atoms with Gasteiger partial charge in [0, 0.05) is 6.54 Å². The van der Waals surface area contributed by atoms with Gasteiger partial charge in [-0.1, -0.05) is 29.8 Å². The molecule has 1 aliphatic rings. The van der Waals surface area contributed by atoms with E-state index in [9.17, 15) is 4.79 Å². The molecule has 6 heteroatoms. The van der Waals surface area contributed by atoms with E-state index in [1.54, 1.807) is 4.90 Å². The summed E-state index contributed by atoms with van der Waals surface area (Å²) in [5.41, 5.74) is 7.55. The lowest BCUT2D eigenvalue weighted by Gasteiger charge is -2.29. The summed E-state index contributed by atoms with van der Waals surface area (Å²) in [6, 6.07) is 7.16. The molecule has 1 fully saturated rings. The Bertz CT molecular complexity index is 539. The minimum atomic E-state index is -0.498. The molecule has 0 saturated carbocycles. The predicted octanol–water partition coefficient (Wildman–Crippen LogP) is 1.92. The Kier molecular flexibility index (Phi) is 4.57. The highest BCUT2D eigenvalue weighted by molar-refractivity contribution is 5.95. The number of hydrogen-bond donors (Lipinski definition) is 3. The largest absolute Gasteiger partial charge is 0.351 e. The minimum Gasteiger partial charge on any atom is -0.351 e. The highest BCUT2D eigenvalue weighted by atomic mass is 16.2. The number of primary amides is 1. The Morgan fingerprint density at radius 3 is 2.71 bits per heavy atom. The number of nitrogens with zero attached hydrogens (tertiary/aromatic N) is 2. The number of nitrogens with one attached hydrogen (secondary N) is 2.